The van der Waals surface area contributed by atoms with Crippen molar-refractivity contribution in [2.75, 3.05) is 6.26 Å². The first-order valence-electron chi connectivity index (χ1n) is 5.34. The van der Waals surface area contributed by atoms with Crippen LogP contribution in [0.1, 0.15) is 0 Å². The van der Waals surface area contributed by atoms with E-state index >= 15 is 0 Å². The van der Waals surface area contributed by atoms with Crippen LogP contribution in [0, 0.1) is 0 Å². The summed E-state index contributed by atoms with van der Waals surface area (Å²) in [6.07, 6.45) is 1.05. The highest BCUT2D eigenvalue weighted by atomic mass is 35.5. The fraction of sp³-hybridized carbons (Fsp3) is 0.0769. The zero-order valence-corrected chi connectivity index (χ0v) is 14.0. The Labute approximate surface area is 137 Å². The average Bonchev–Trinajstić information content (AvgIpc) is 2.29. The van der Waals surface area contributed by atoms with Crippen LogP contribution in [0.4, 0.5) is 0 Å². The number of sulfone groups is 1. The second-order valence-corrected chi connectivity index (χ2v) is 7.75. The van der Waals surface area contributed by atoms with Crippen molar-refractivity contribution in [2.45, 2.75) is 4.90 Å². The van der Waals surface area contributed by atoms with Crippen LogP contribution < -0.4 is 0 Å². The van der Waals surface area contributed by atoms with Crippen molar-refractivity contribution in [1.29, 1.82) is 0 Å². The molecule has 0 unspecified atom stereocenters. The van der Waals surface area contributed by atoms with Gasteiger partial charge in [0.1, 0.15) is 4.90 Å². The van der Waals surface area contributed by atoms with E-state index in [4.69, 9.17) is 46.4 Å². The minimum atomic E-state index is -3.49. The summed E-state index contributed by atoms with van der Waals surface area (Å²) in [6.45, 7) is 0. The number of benzene rings is 2. The average molecular weight is 370 g/mol. The van der Waals surface area contributed by atoms with E-state index in [2.05, 4.69) is 0 Å². The highest BCUT2D eigenvalue weighted by Gasteiger charge is 2.18. The summed E-state index contributed by atoms with van der Waals surface area (Å²) in [6, 6.07) is 8.11. The zero-order chi connectivity index (χ0) is 15.1. The molecule has 0 spiro atoms. The SMILES string of the molecule is CS(=O)(=O)c1c(Cl)cc(-c2ccc(Cl)c(Cl)c2)cc1Cl. The number of hydrogen-bond donors (Lipinski definition) is 0. The van der Waals surface area contributed by atoms with Crippen LogP contribution >= 0.6 is 46.4 Å². The lowest BCUT2D eigenvalue weighted by Crippen LogP contribution is -1.99. The molecular formula is C13H8Cl4O2S. The van der Waals surface area contributed by atoms with E-state index < -0.39 is 9.84 Å². The molecule has 106 valence electrons. The molecule has 0 aliphatic heterocycles. The molecule has 0 N–H and O–H groups in total. The molecule has 2 aromatic rings. The Hall–Kier alpha value is -0.450. The third kappa shape index (κ3) is 3.23. The molecule has 2 aromatic carbocycles. The van der Waals surface area contributed by atoms with E-state index in [1.165, 1.54) is 12.1 Å². The largest absolute Gasteiger partial charge is 0.224 e. The predicted octanol–water partition coefficient (Wildman–Crippen LogP) is 5.37. The van der Waals surface area contributed by atoms with Crippen LogP contribution in [0.15, 0.2) is 35.2 Å². The van der Waals surface area contributed by atoms with Crippen molar-refractivity contribution in [3.63, 3.8) is 0 Å². The Morgan fingerprint density at radius 2 is 1.25 bits per heavy atom. The third-order valence-corrected chi connectivity index (χ3v) is 5.36. The maximum atomic E-state index is 11.6. The fourth-order valence-electron chi connectivity index (χ4n) is 1.76. The summed E-state index contributed by atoms with van der Waals surface area (Å²) in [5.41, 5.74) is 1.40. The Morgan fingerprint density at radius 1 is 0.750 bits per heavy atom. The topological polar surface area (TPSA) is 34.1 Å². The molecule has 2 nitrogen and oxygen atoms in total. The zero-order valence-electron chi connectivity index (χ0n) is 10.1. The Morgan fingerprint density at radius 3 is 1.70 bits per heavy atom. The van der Waals surface area contributed by atoms with E-state index in [1.54, 1.807) is 18.2 Å². The molecule has 0 aliphatic rings. The second kappa shape index (κ2) is 5.74. The third-order valence-electron chi connectivity index (χ3n) is 2.62. The normalized spacial score (nSPS) is 11.7. The van der Waals surface area contributed by atoms with Gasteiger partial charge < -0.3 is 0 Å². The van der Waals surface area contributed by atoms with Crippen LogP contribution in [0.3, 0.4) is 0 Å². The van der Waals surface area contributed by atoms with Gasteiger partial charge in [0.05, 0.1) is 20.1 Å². The molecule has 20 heavy (non-hydrogen) atoms. The first kappa shape index (κ1) is 15.9. The predicted molar refractivity (Wildman–Crippen MR) is 85.0 cm³/mol. The Balaban J connectivity index is 2.64. The molecule has 0 atom stereocenters. The van der Waals surface area contributed by atoms with Crippen LogP contribution in [-0.2, 0) is 9.84 Å². The molecule has 0 bridgehead atoms. The van der Waals surface area contributed by atoms with E-state index in [0.29, 0.717) is 15.6 Å². The van der Waals surface area contributed by atoms with Crippen molar-refractivity contribution in [3.8, 4) is 11.1 Å². The quantitative estimate of drug-likeness (QED) is 0.712. The van der Waals surface area contributed by atoms with Gasteiger partial charge in [0, 0.05) is 6.26 Å². The van der Waals surface area contributed by atoms with Crippen LogP contribution in [0.5, 0.6) is 0 Å². The Bertz CT molecular complexity index is 762. The van der Waals surface area contributed by atoms with Gasteiger partial charge in [0.2, 0.25) is 0 Å². The van der Waals surface area contributed by atoms with Gasteiger partial charge in [0.25, 0.3) is 0 Å². The maximum Gasteiger partial charge on any atom is 0.178 e. The molecule has 0 aromatic heterocycles. The summed E-state index contributed by atoms with van der Waals surface area (Å²) in [5, 5.41) is 0.964. The summed E-state index contributed by atoms with van der Waals surface area (Å²) >= 11 is 23.8. The smallest absolute Gasteiger partial charge is 0.178 e. The molecule has 0 fully saturated rings. The fourth-order valence-corrected chi connectivity index (χ4v) is 4.21. The number of hydrogen-bond acceptors (Lipinski definition) is 2. The lowest BCUT2D eigenvalue weighted by Gasteiger charge is -2.09. The molecule has 2 rings (SSSR count). The van der Waals surface area contributed by atoms with Crippen molar-refractivity contribution in [1.82, 2.24) is 0 Å². The molecule has 0 amide bonds. The first-order chi connectivity index (χ1) is 9.20. The summed E-state index contributed by atoms with van der Waals surface area (Å²) in [4.78, 5) is -0.0790. The number of rotatable bonds is 2. The van der Waals surface area contributed by atoms with E-state index in [9.17, 15) is 8.42 Å². The molecule has 7 heteroatoms. The highest BCUT2D eigenvalue weighted by Crippen LogP contribution is 2.36. The maximum absolute atomic E-state index is 11.6. The van der Waals surface area contributed by atoms with Crippen LogP contribution in [0.2, 0.25) is 20.1 Å². The van der Waals surface area contributed by atoms with Gasteiger partial charge in [-0.3, -0.25) is 0 Å². The van der Waals surface area contributed by atoms with Gasteiger partial charge >= 0.3 is 0 Å². The Kier molecular flexibility index (Phi) is 4.57. The van der Waals surface area contributed by atoms with E-state index in [0.717, 1.165) is 11.8 Å². The first-order valence-corrected chi connectivity index (χ1v) is 8.75. The van der Waals surface area contributed by atoms with Gasteiger partial charge in [-0.05, 0) is 35.4 Å². The van der Waals surface area contributed by atoms with Gasteiger partial charge in [0.15, 0.2) is 9.84 Å². The molecular weight excluding hydrogens is 362 g/mol. The lowest BCUT2D eigenvalue weighted by atomic mass is 10.1. The van der Waals surface area contributed by atoms with Crippen molar-refractivity contribution in [2.24, 2.45) is 0 Å². The van der Waals surface area contributed by atoms with Crippen LogP contribution in [0.25, 0.3) is 11.1 Å². The minimum Gasteiger partial charge on any atom is -0.224 e. The standard InChI is InChI=1S/C13H8Cl4O2S/c1-20(18,19)13-11(16)5-8(6-12(13)17)7-2-3-9(14)10(15)4-7/h2-6H,1H3. The summed E-state index contributed by atoms with van der Waals surface area (Å²) in [7, 11) is -3.49. The molecule has 0 saturated heterocycles. The van der Waals surface area contributed by atoms with E-state index in [-0.39, 0.29) is 14.9 Å². The highest BCUT2D eigenvalue weighted by molar-refractivity contribution is 7.91. The summed E-state index contributed by atoms with van der Waals surface area (Å²) < 4.78 is 23.2. The molecule has 0 aliphatic carbocycles. The monoisotopic (exact) mass is 368 g/mol. The minimum absolute atomic E-state index is 0.0704. The van der Waals surface area contributed by atoms with Gasteiger partial charge in [-0.15, -0.1) is 0 Å². The van der Waals surface area contributed by atoms with Crippen molar-refractivity contribution in [3.05, 3.63) is 50.4 Å². The van der Waals surface area contributed by atoms with Gasteiger partial charge in [-0.2, -0.15) is 0 Å². The molecule has 0 heterocycles. The van der Waals surface area contributed by atoms with Gasteiger partial charge in [-0.25, -0.2) is 8.42 Å². The lowest BCUT2D eigenvalue weighted by molar-refractivity contribution is 0.602. The second-order valence-electron chi connectivity index (χ2n) is 4.17. The van der Waals surface area contributed by atoms with Gasteiger partial charge in [-0.1, -0.05) is 52.5 Å². The van der Waals surface area contributed by atoms with E-state index in [1.807, 2.05) is 0 Å². The molecule has 0 radical (unpaired) electrons. The van der Waals surface area contributed by atoms with Crippen LogP contribution in [-0.4, -0.2) is 14.7 Å². The summed E-state index contributed by atoms with van der Waals surface area (Å²) in [5.74, 6) is 0. The van der Waals surface area contributed by atoms with Crippen molar-refractivity contribution >= 4 is 56.2 Å². The van der Waals surface area contributed by atoms with Crippen molar-refractivity contribution < 1.29 is 8.42 Å². The molecule has 0 saturated carbocycles. The number of halogens is 4.